The molecule has 7 heteroatoms. The number of amides is 1. The zero-order valence-corrected chi connectivity index (χ0v) is 7.49. The number of carbonyl (C=O) groups excluding carboxylic acids is 2. The molecule has 0 heterocycles. The molecule has 0 aliphatic carbocycles. The Hall–Kier alpha value is -1.02. The van der Waals surface area contributed by atoms with Crippen LogP contribution < -0.4 is 5.73 Å². The van der Waals surface area contributed by atoms with Crippen LogP contribution in [0.25, 0.3) is 0 Å². The highest BCUT2D eigenvalue weighted by atomic mass is 16.4. The number of hydrogen-bond donors (Lipinski definition) is 5. The molecule has 0 radical (unpaired) electrons. The van der Waals surface area contributed by atoms with Gasteiger partial charge in [0.05, 0.1) is 6.10 Å². The van der Waals surface area contributed by atoms with Gasteiger partial charge in [0.25, 0.3) is 5.91 Å². The van der Waals surface area contributed by atoms with Gasteiger partial charge in [0.1, 0.15) is 12.2 Å². The van der Waals surface area contributed by atoms with Gasteiger partial charge < -0.3 is 26.2 Å². The van der Waals surface area contributed by atoms with E-state index in [1.165, 1.54) is 0 Å². The Bertz CT molecular complexity index is 230. The first-order valence-electron chi connectivity index (χ1n) is 3.80. The number of hydrogen-bond acceptors (Lipinski definition) is 6. The molecular weight excluding hydrogens is 194 g/mol. The van der Waals surface area contributed by atoms with Crippen LogP contribution >= 0.6 is 0 Å². The van der Waals surface area contributed by atoms with Crippen molar-refractivity contribution in [3.05, 3.63) is 0 Å². The topological polar surface area (TPSA) is 141 Å². The zero-order valence-electron chi connectivity index (χ0n) is 7.49. The maximum atomic E-state index is 10.6. The van der Waals surface area contributed by atoms with Gasteiger partial charge in [-0.3, -0.25) is 9.59 Å². The first-order valence-corrected chi connectivity index (χ1v) is 3.80. The van der Waals surface area contributed by atoms with Gasteiger partial charge >= 0.3 is 0 Å². The Balaban J connectivity index is 4.87. The van der Waals surface area contributed by atoms with Gasteiger partial charge in [0.15, 0.2) is 6.29 Å². The van der Waals surface area contributed by atoms with Gasteiger partial charge in [0, 0.05) is 0 Å². The monoisotopic (exact) mass is 207 g/mol. The van der Waals surface area contributed by atoms with Crippen molar-refractivity contribution in [2.24, 2.45) is 5.73 Å². The van der Waals surface area contributed by atoms with Crippen LogP contribution in [0.2, 0.25) is 0 Å². The smallest absolute Gasteiger partial charge is 0.259 e. The fourth-order valence-electron chi connectivity index (χ4n) is 0.798. The van der Waals surface area contributed by atoms with Crippen LogP contribution in [0.15, 0.2) is 0 Å². The number of rotatable bonds is 5. The number of carbonyl (C=O) groups is 2. The van der Waals surface area contributed by atoms with Gasteiger partial charge in [-0.05, 0) is 6.92 Å². The normalized spacial score (nSPS) is 21.8. The molecule has 82 valence electrons. The molecule has 7 nitrogen and oxygen atoms in total. The van der Waals surface area contributed by atoms with E-state index in [1.807, 2.05) is 0 Å². The maximum absolute atomic E-state index is 10.6. The summed E-state index contributed by atoms with van der Waals surface area (Å²) in [6.07, 6.45) is -5.72. The van der Waals surface area contributed by atoms with E-state index >= 15 is 0 Å². The lowest BCUT2D eigenvalue weighted by Crippen LogP contribution is -2.60. The van der Waals surface area contributed by atoms with Gasteiger partial charge in [-0.1, -0.05) is 0 Å². The van der Waals surface area contributed by atoms with E-state index < -0.39 is 29.8 Å². The van der Waals surface area contributed by atoms with E-state index in [9.17, 15) is 19.8 Å². The van der Waals surface area contributed by atoms with Crippen LogP contribution in [0.1, 0.15) is 6.92 Å². The van der Waals surface area contributed by atoms with Crippen molar-refractivity contribution in [1.82, 2.24) is 0 Å². The first-order chi connectivity index (χ1) is 6.27. The predicted molar refractivity (Wildman–Crippen MR) is 43.9 cm³/mol. The lowest BCUT2D eigenvalue weighted by atomic mass is 9.91. The minimum Gasteiger partial charge on any atom is -0.391 e. The summed E-state index contributed by atoms with van der Waals surface area (Å²) in [5.41, 5.74) is 1.75. The predicted octanol–water partition coefficient (Wildman–Crippen LogP) is -3.50. The number of aldehydes is 1. The Labute approximate surface area is 79.8 Å². The van der Waals surface area contributed by atoms with Gasteiger partial charge in [-0.25, -0.2) is 0 Å². The summed E-state index contributed by atoms with van der Waals surface area (Å²) >= 11 is 0. The second-order valence-corrected chi connectivity index (χ2v) is 2.98. The van der Waals surface area contributed by atoms with Gasteiger partial charge in [0.2, 0.25) is 5.60 Å². The largest absolute Gasteiger partial charge is 0.391 e. The summed E-state index contributed by atoms with van der Waals surface area (Å²) in [4.78, 5) is 20.9. The Morgan fingerprint density at radius 3 is 2.07 bits per heavy atom. The molecule has 0 aliphatic heterocycles. The van der Waals surface area contributed by atoms with Crippen molar-refractivity contribution in [1.29, 1.82) is 0 Å². The van der Waals surface area contributed by atoms with Crippen molar-refractivity contribution in [2.45, 2.75) is 30.8 Å². The highest BCUT2D eigenvalue weighted by Crippen LogP contribution is 2.13. The fraction of sp³-hybridized carbons (Fsp3) is 0.714. The van der Waals surface area contributed by atoms with E-state index in [0.717, 1.165) is 6.92 Å². The second kappa shape index (κ2) is 4.47. The SMILES string of the molecule is C[C@@H](O)[C@@H](O)[C@H](O)[C@@](O)(C=O)C(N)=O. The molecule has 0 saturated carbocycles. The van der Waals surface area contributed by atoms with Crippen LogP contribution in [0, 0.1) is 0 Å². The summed E-state index contributed by atoms with van der Waals surface area (Å²) in [5.74, 6) is -1.50. The third-order valence-electron chi connectivity index (χ3n) is 1.84. The van der Waals surface area contributed by atoms with Crippen molar-refractivity contribution < 1.29 is 30.0 Å². The van der Waals surface area contributed by atoms with E-state index in [0.29, 0.717) is 0 Å². The second-order valence-electron chi connectivity index (χ2n) is 2.98. The quantitative estimate of drug-likeness (QED) is 0.234. The maximum Gasteiger partial charge on any atom is 0.259 e. The third-order valence-corrected chi connectivity index (χ3v) is 1.84. The molecule has 14 heavy (non-hydrogen) atoms. The summed E-state index contributed by atoms with van der Waals surface area (Å²) < 4.78 is 0. The summed E-state index contributed by atoms with van der Waals surface area (Å²) in [6, 6.07) is 0. The molecule has 6 N–H and O–H groups in total. The van der Waals surface area contributed by atoms with Crippen LogP contribution in [-0.4, -0.2) is 56.5 Å². The minimum atomic E-state index is -2.89. The van der Waals surface area contributed by atoms with Gasteiger partial charge in [-0.15, -0.1) is 0 Å². The molecule has 4 atom stereocenters. The molecule has 0 aliphatic rings. The molecule has 0 aromatic rings. The molecule has 0 bridgehead atoms. The number of primary amides is 1. The summed E-state index contributed by atoms with van der Waals surface area (Å²) in [7, 11) is 0. The van der Waals surface area contributed by atoms with Crippen LogP contribution in [-0.2, 0) is 9.59 Å². The molecule has 0 aromatic heterocycles. The number of aliphatic hydroxyl groups is 4. The number of aliphatic hydroxyl groups excluding tert-OH is 3. The molecule has 0 spiro atoms. The standard InChI is InChI=1S/C7H13NO6/c1-3(10)4(11)5(12)7(14,2-9)6(8)13/h2-5,10-12,14H,1H3,(H2,8,13)/t3-,4-,5+,7+/m1/s1. The molecule has 0 unspecified atom stereocenters. The first kappa shape index (κ1) is 13.0. The zero-order chi connectivity index (χ0) is 11.5. The van der Waals surface area contributed by atoms with E-state index in [2.05, 4.69) is 5.73 Å². The summed E-state index contributed by atoms with van der Waals surface area (Å²) in [5, 5.41) is 36.3. The molecular formula is C7H13NO6. The Morgan fingerprint density at radius 1 is 1.43 bits per heavy atom. The average molecular weight is 207 g/mol. The van der Waals surface area contributed by atoms with E-state index in [-0.39, 0.29) is 6.29 Å². The van der Waals surface area contributed by atoms with Crippen LogP contribution in [0.5, 0.6) is 0 Å². The molecule has 0 rings (SSSR count). The van der Waals surface area contributed by atoms with Gasteiger partial charge in [-0.2, -0.15) is 0 Å². The Morgan fingerprint density at radius 2 is 1.86 bits per heavy atom. The number of nitrogens with two attached hydrogens (primary N) is 1. The molecule has 1 amide bonds. The van der Waals surface area contributed by atoms with Crippen molar-refractivity contribution in [3.63, 3.8) is 0 Å². The van der Waals surface area contributed by atoms with Crippen molar-refractivity contribution in [3.8, 4) is 0 Å². The summed E-state index contributed by atoms with van der Waals surface area (Å²) in [6.45, 7) is 1.11. The van der Waals surface area contributed by atoms with E-state index in [4.69, 9.17) is 10.2 Å². The third kappa shape index (κ3) is 2.26. The van der Waals surface area contributed by atoms with Crippen molar-refractivity contribution >= 4 is 12.2 Å². The van der Waals surface area contributed by atoms with E-state index in [1.54, 1.807) is 0 Å². The minimum absolute atomic E-state index is 0.286. The van der Waals surface area contributed by atoms with Crippen LogP contribution in [0.3, 0.4) is 0 Å². The lowest BCUT2D eigenvalue weighted by Gasteiger charge is -2.29. The Kier molecular flexibility index (Phi) is 4.14. The highest BCUT2D eigenvalue weighted by molar-refractivity contribution is 5.99. The molecule has 0 saturated heterocycles. The highest BCUT2D eigenvalue weighted by Gasteiger charge is 2.46. The lowest BCUT2D eigenvalue weighted by molar-refractivity contribution is -0.171. The van der Waals surface area contributed by atoms with Crippen molar-refractivity contribution in [2.75, 3.05) is 0 Å². The van der Waals surface area contributed by atoms with Crippen LogP contribution in [0.4, 0.5) is 0 Å². The molecule has 0 fully saturated rings. The average Bonchev–Trinajstić information content (AvgIpc) is 2.13. The molecule has 0 aromatic carbocycles. The fourth-order valence-corrected chi connectivity index (χ4v) is 0.798.